The third-order valence-corrected chi connectivity index (χ3v) is 3.00. The molecule has 0 spiro atoms. The first-order valence-corrected chi connectivity index (χ1v) is 5.94. The summed E-state index contributed by atoms with van der Waals surface area (Å²) in [6.07, 6.45) is 0. The molecule has 4 heteroatoms. The second kappa shape index (κ2) is 5.27. The smallest absolute Gasteiger partial charge is 0.134 e. The number of benzene rings is 2. The second-order valence-electron chi connectivity index (χ2n) is 4.08. The maximum absolute atomic E-state index is 12.8. The molecule has 0 aromatic heterocycles. The zero-order valence-electron chi connectivity index (χ0n) is 9.82. The van der Waals surface area contributed by atoms with Gasteiger partial charge in [0.15, 0.2) is 0 Å². The van der Waals surface area contributed by atoms with Gasteiger partial charge in [0.1, 0.15) is 11.6 Å². The predicted molar refractivity (Wildman–Crippen MR) is 71.6 cm³/mol. The molecule has 0 heterocycles. The Morgan fingerprint density at radius 3 is 2.44 bits per heavy atom. The molecular weight excluding hydrogens is 253 g/mol. The van der Waals surface area contributed by atoms with Crippen molar-refractivity contribution in [2.75, 3.05) is 5.32 Å². The Hall–Kier alpha value is -1.74. The van der Waals surface area contributed by atoms with E-state index in [1.807, 2.05) is 6.92 Å². The van der Waals surface area contributed by atoms with E-state index in [0.717, 1.165) is 11.3 Å². The van der Waals surface area contributed by atoms with E-state index in [0.29, 0.717) is 5.02 Å². The van der Waals surface area contributed by atoms with Crippen LogP contribution in [0.5, 0.6) is 5.75 Å². The molecule has 0 aliphatic rings. The average molecular weight is 266 g/mol. The highest BCUT2D eigenvalue weighted by atomic mass is 35.5. The largest absolute Gasteiger partial charge is 0.506 e. The number of phenolic OH excluding ortho intramolecular Hbond substituents is 1. The van der Waals surface area contributed by atoms with Gasteiger partial charge in [0, 0.05) is 11.7 Å². The average Bonchev–Trinajstić information content (AvgIpc) is 2.34. The van der Waals surface area contributed by atoms with Crippen molar-refractivity contribution in [3.8, 4) is 5.75 Å². The molecule has 0 bridgehead atoms. The van der Waals surface area contributed by atoms with Gasteiger partial charge in [-0.1, -0.05) is 23.7 Å². The lowest BCUT2D eigenvalue weighted by molar-refractivity contribution is 0.475. The summed E-state index contributed by atoms with van der Waals surface area (Å²) < 4.78 is 12.8. The number of hydrogen-bond acceptors (Lipinski definition) is 2. The molecule has 2 N–H and O–H groups in total. The summed E-state index contributed by atoms with van der Waals surface area (Å²) in [6, 6.07) is 11.3. The quantitative estimate of drug-likeness (QED) is 0.809. The van der Waals surface area contributed by atoms with Gasteiger partial charge in [-0.25, -0.2) is 4.39 Å². The van der Waals surface area contributed by atoms with Gasteiger partial charge in [-0.3, -0.25) is 0 Å². The van der Waals surface area contributed by atoms with Gasteiger partial charge >= 0.3 is 0 Å². The number of halogens is 2. The molecule has 0 amide bonds. The van der Waals surface area contributed by atoms with E-state index in [9.17, 15) is 9.50 Å². The van der Waals surface area contributed by atoms with Crippen molar-refractivity contribution in [3.63, 3.8) is 0 Å². The minimum Gasteiger partial charge on any atom is -0.506 e. The van der Waals surface area contributed by atoms with Crippen LogP contribution in [0.2, 0.25) is 5.02 Å². The van der Waals surface area contributed by atoms with E-state index in [1.165, 1.54) is 18.2 Å². The number of hydrogen-bond donors (Lipinski definition) is 2. The monoisotopic (exact) mass is 265 g/mol. The minimum atomic E-state index is -0.251. The standard InChI is InChI=1S/C14H13ClFNO/c1-9(10-2-4-11(16)5-3-10)17-12-6-7-14(18)13(15)8-12/h2-9,17-18H,1H3. The molecule has 1 unspecified atom stereocenters. The first kappa shape index (κ1) is 12.7. The zero-order valence-corrected chi connectivity index (χ0v) is 10.6. The normalized spacial score (nSPS) is 12.2. The summed E-state index contributed by atoms with van der Waals surface area (Å²) in [5.41, 5.74) is 1.77. The topological polar surface area (TPSA) is 32.3 Å². The maximum atomic E-state index is 12.8. The molecule has 0 radical (unpaired) electrons. The molecule has 2 nitrogen and oxygen atoms in total. The van der Waals surface area contributed by atoms with Crippen molar-refractivity contribution >= 4 is 17.3 Å². The Balaban J connectivity index is 2.13. The highest BCUT2D eigenvalue weighted by Gasteiger charge is 2.06. The fourth-order valence-electron chi connectivity index (χ4n) is 1.68. The predicted octanol–water partition coefficient (Wildman–Crippen LogP) is 4.36. The minimum absolute atomic E-state index is 0.0196. The van der Waals surface area contributed by atoms with Gasteiger partial charge < -0.3 is 10.4 Å². The maximum Gasteiger partial charge on any atom is 0.134 e. The van der Waals surface area contributed by atoms with Crippen LogP contribution in [0.4, 0.5) is 10.1 Å². The Morgan fingerprint density at radius 2 is 1.83 bits per heavy atom. The Morgan fingerprint density at radius 1 is 1.17 bits per heavy atom. The lowest BCUT2D eigenvalue weighted by atomic mass is 10.1. The van der Waals surface area contributed by atoms with E-state index < -0.39 is 0 Å². The first-order chi connectivity index (χ1) is 8.56. The Bertz CT molecular complexity index is 542. The van der Waals surface area contributed by atoms with E-state index >= 15 is 0 Å². The molecule has 0 saturated carbocycles. The zero-order chi connectivity index (χ0) is 13.1. The summed E-state index contributed by atoms with van der Waals surface area (Å²) >= 11 is 5.82. The number of anilines is 1. The highest BCUT2D eigenvalue weighted by Crippen LogP contribution is 2.28. The van der Waals surface area contributed by atoms with Crippen LogP contribution in [0.3, 0.4) is 0 Å². The Labute approximate surface area is 110 Å². The molecule has 94 valence electrons. The van der Waals surface area contributed by atoms with E-state index in [4.69, 9.17) is 11.6 Å². The molecule has 2 rings (SSSR count). The number of aromatic hydroxyl groups is 1. The van der Waals surface area contributed by atoms with Crippen LogP contribution >= 0.6 is 11.6 Å². The van der Waals surface area contributed by atoms with Crippen LogP contribution in [0.15, 0.2) is 42.5 Å². The SMILES string of the molecule is CC(Nc1ccc(O)c(Cl)c1)c1ccc(F)cc1. The fourth-order valence-corrected chi connectivity index (χ4v) is 1.86. The number of nitrogens with one attached hydrogen (secondary N) is 1. The van der Waals surface area contributed by atoms with Gasteiger partial charge in [0.05, 0.1) is 5.02 Å². The molecule has 1 atom stereocenters. The van der Waals surface area contributed by atoms with E-state index in [-0.39, 0.29) is 17.6 Å². The van der Waals surface area contributed by atoms with Crippen molar-refractivity contribution in [1.29, 1.82) is 0 Å². The van der Waals surface area contributed by atoms with Crippen molar-refractivity contribution in [2.45, 2.75) is 13.0 Å². The number of rotatable bonds is 3. The van der Waals surface area contributed by atoms with Gasteiger partial charge in [-0.15, -0.1) is 0 Å². The van der Waals surface area contributed by atoms with Crippen LogP contribution in [-0.2, 0) is 0 Å². The van der Waals surface area contributed by atoms with Crippen molar-refractivity contribution in [1.82, 2.24) is 0 Å². The summed E-state index contributed by atoms with van der Waals surface area (Å²) in [6.45, 7) is 1.97. The van der Waals surface area contributed by atoms with Gasteiger partial charge in [0.2, 0.25) is 0 Å². The van der Waals surface area contributed by atoms with Crippen molar-refractivity contribution < 1.29 is 9.50 Å². The van der Waals surface area contributed by atoms with Crippen LogP contribution in [0.25, 0.3) is 0 Å². The summed E-state index contributed by atoms with van der Waals surface area (Å²) in [7, 11) is 0. The molecule has 18 heavy (non-hydrogen) atoms. The van der Waals surface area contributed by atoms with Crippen LogP contribution in [-0.4, -0.2) is 5.11 Å². The third-order valence-electron chi connectivity index (χ3n) is 2.70. The molecule has 2 aromatic rings. The highest BCUT2D eigenvalue weighted by molar-refractivity contribution is 6.32. The van der Waals surface area contributed by atoms with Crippen molar-refractivity contribution in [2.24, 2.45) is 0 Å². The van der Waals surface area contributed by atoms with Gasteiger partial charge in [0.25, 0.3) is 0 Å². The van der Waals surface area contributed by atoms with E-state index in [1.54, 1.807) is 24.3 Å². The Kier molecular flexibility index (Phi) is 3.72. The van der Waals surface area contributed by atoms with Crippen LogP contribution in [0.1, 0.15) is 18.5 Å². The summed E-state index contributed by atoms with van der Waals surface area (Å²) in [5, 5.41) is 12.8. The number of phenols is 1. The lowest BCUT2D eigenvalue weighted by Crippen LogP contribution is -2.06. The fraction of sp³-hybridized carbons (Fsp3) is 0.143. The molecule has 2 aromatic carbocycles. The first-order valence-electron chi connectivity index (χ1n) is 5.57. The van der Waals surface area contributed by atoms with Gasteiger partial charge in [-0.2, -0.15) is 0 Å². The van der Waals surface area contributed by atoms with Crippen molar-refractivity contribution in [3.05, 3.63) is 58.9 Å². The third kappa shape index (κ3) is 2.93. The lowest BCUT2D eigenvalue weighted by Gasteiger charge is -2.16. The van der Waals surface area contributed by atoms with E-state index in [2.05, 4.69) is 5.32 Å². The molecular formula is C14H13ClFNO. The van der Waals surface area contributed by atoms with Gasteiger partial charge in [-0.05, 0) is 42.8 Å². The van der Waals surface area contributed by atoms with Crippen LogP contribution < -0.4 is 5.32 Å². The molecule has 0 aliphatic heterocycles. The molecule has 0 fully saturated rings. The molecule has 0 saturated heterocycles. The molecule has 0 aliphatic carbocycles. The summed E-state index contributed by atoms with van der Waals surface area (Å²) in [4.78, 5) is 0. The summed E-state index contributed by atoms with van der Waals surface area (Å²) in [5.74, 6) is -0.199. The van der Waals surface area contributed by atoms with Crippen LogP contribution in [0, 0.1) is 5.82 Å². The second-order valence-corrected chi connectivity index (χ2v) is 4.49.